The summed E-state index contributed by atoms with van der Waals surface area (Å²) >= 11 is 5.93. The Morgan fingerprint density at radius 1 is 1.12 bits per heavy atom. The number of aromatic nitrogens is 1. The normalized spacial score (nSPS) is 14.8. The molecule has 4 rings (SSSR count). The highest BCUT2D eigenvalue weighted by molar-refractivity contribution is 7.92. The number of ketones is 1. The van der Waals surface area contributed by atoms with Crippen LogP contribution in [0, 0.1) is 11.6 Å². The van der Waals surface area contributed by atoms with Gasteiger partial charge in [0.05, 0.1) is 22.9 Å². The van der Waals surface area contributed by atoms with E-state index in [1.54, 1.807) is 43.5 Å². The fourth-order valence-corrected chi connectivity index (χ4v) is 4.80. The number of benzene rings is 2. The Balaban J connectivity index is 1.71. The van der Waals surface area contributed by atoms with Crippen molar-refractivity contribution in [3.05, 3.63) is 76.4 Å². The number of rotatable bonds is 7. The number of carbonyl (C=O) groups excluding carboxylic acids is 1. The molecule has 0 saturated heterocycles. The largest absolute Gasteiger partial charge is 0.293 e. The first-order valence-electron chi connectivity index (χ1n) is 10.0. The van der Waals surface area contributed by atoms with Gasteiger partial charge in [-0.25, -0.2) is 27.2 Å². The smallest absolute Gasteiger partial charge is 0.232 e. The summed E-state index contributed by atoms with van der Waals surface area (Å²) in [6.45, 7) is 1.65. The lowest BCUT2D eigenvalue weighted by Crippen LogP contribution is -2.20. The fourth-order valence-electron chi connectivity index (χ4n) is 3.55. The van der Waals surface area contributed by atoms with E-state index in [2.05, 4.69) is 14.7 Å². The van der Waals surface area contributed by atoms with Crippen LogP contribution in [-0.4, -0.2) is 31.2 Å². The summed E-state index contributed by atoms with van der Waals surface area (Å²) < 4.78 is 55.8. The molecule has 0 fully saturated rings. The number of halogens is 3. The van der Waals surface area contributed by atoms with Crippen LogP contribution in [0.4, 0.5) is 20.3 Å². The van der Waals surface area contributed by atoms with Gasteiger partial charge in [0.1, 0.15) is 5.82 Å². The van der Waals surface area contributed by atoms with E-state index in [-0.39, 0.29) is 11.6 Å². The number of carbonyl (C=O) groups is 1. The molecule has 1 aromatic heterocycles. The Bertz CT molecular complexity index is 1380. The zero-order valence-electron chi connectivity index (χ0n) is 17.3. The monoisotopic (exact) mass is 489 g/mol. The molecule has 1 atom stereocenters. The van der Waals surface area contributed by atoms with Crippen LogP contribution in [-0.2, 0) is 10.0 Å². The van der Waals surface area contributed by atoms with Crippen LogP contribution in [0.2, 0.25) is 5.02 Å². The van der Waals surface area contributed by atoms with E-state index < -0.39 is 44.6 Å². The van der Waals surface area contributed by atoms with E-state index in [0.29, 0.717) is 22.6 Å². The van der Waals surface area contributed by atoms with Crippen LogP contribution >= 0.6 is 11.6 Å². The van der Waals surface area contributed by atoms with Crippen molar-refractivity contribution in [3.63, 3.8) is 0 Å². The molecule has 0 aliphatic carbocycles. The number of sulfonamides is 1. The van der Waals surface area contributed by atoms with Crippen LogP contribution < -0.4 is 4.72 Å². The number of fused-ring (bicyclic) bond motifs is 1. The van der Waals surface area contributed by atoms with Crippen molar-refractivity contribution in [1.82, 2.24) is 4.98 Å². The SMILES string of the molecule is CCCS(=O)(=O)Nc1ccc(F)c(C(=O)C2C=Nc3ncc(-c4ccc(Cl)cc4)cc32)c1F. The van der Waals surface area contributed by atoms with Crippen molar-refractivity contribution < 1.29 is 22.0 Å². The summed E-state index contributed by atoms with van der Waals surface area (Å²) in [7, 11) is -3.84. The summed E-state index contributed by atoms with van der Waals surface area (Å²) in [5.74, 6) is -4.31. The van der Waals surface area contributed by atoms with Crippen LogP contribution in [0.5, 0.6) is 0 Å². The van der Waals surface area contributed by atoms with E-state index >= 15 is 4.39 Å². The third kappa shape index (κ3) is 4.65. The maximum Gasteiger partial charge on any atom is 0.232 e. The molecule has 0 amide bonds. The molecular formula is C23H18ClF2N3O3S. The lowest BCUT2D eigenvalue weighted by molar-refractivity contribution is 0.0977. The molecule has 0 spiro atoms. The summed E-state index contributed by atoms with van der Waals surface area (Å²) in [6.07, 6.45) is 3.16. The Kier molecular flexibility index (Phi) is 6.27. The molecule has 0 radical (unpaired) electrons. The summed E-state index contributed by atoms with van der Waals surface area (Å²) in [5.41, 5.74) is 0.528. The molecule has 170 valence electrons. The van der Waals surface area contributed by atoms with Gasteiger partial charge in [-0.05, 0) is 42.3 Å². The predicted octanol–water partition coefficient (Wildman–Crippen LogP) is 5.51. The minimum Gasteiger partial charge on any atom is -0.293 e. The molecule has 0 saturated carbocycles. The third-order valence-corrected chi connectivity index (χ3v) is 6.84. The first-order chi connectivity index (χ1) is 15.7. The van der Waals surface area contributed by atoms with E-state index in [1.165, 1.54) is 6.21 Å². The Labute approximate surface area is 194 Å². The number of hydrogen-bond donors (Lipinski definition) is 1. The summed E-state index contributed by atoms with van der Waals surface area (Å²) in [5, 5.41) is 0.560. The van der Waals surface area contributed by atoms with Gasteiger partial charge >= 0.3 is 0 Å². The highest BCUT2D eigenvalue weighted by atomic mass is 35.5. The number of hydrogen-bond acceptors (Lipinski definition) is 5. The van der Waals surface area contributed by atoms with Gasteiger partial charge in [-0.2, -0.15) is 0 Å². The summed E-state index contributed by atoms with van der Waals surface area (Å²) in [4.78, 5) is 21.6. The molecule has 2 heterocycles. The molecule has 0 bridgehead atoms. The van der Waals surface area contributed by atoms with Crippen LogP contribution in [0.25, 0.3) is 11.1 Å². The molecule has 2 aromatic carbocycles. The minimum atomic E-state index is -3.84. The highest BCUT2D eigenvalue weighted by Crippen LogP contribution is 2.37. The topological polar surface area (TPSA) is 88.5 Å². The first kappa shape index (κ1) is 23.0. The van der Waals surface area contributed by atoms with Gasteiger partial charge in [0.2, 0.25) is 10.0 Å². The van der Waals surface area contributed by atoms with Gasteiger partial charge in [0, 0.05) is 28.6 Å². The number of anilines is 1. The third-order valence-electron chi connectivity index (χ3n) is 5.11. The molecule has 1 unspecified atom stereocenters. The average molecular weight is 490 g/mol. The molecule has 6 nitrogen and oxygen atoms in total. The zero-order valence-corrected chi connectivity index (χ0v) is 18.9. The lowest BCUT2D eigenvalue weighted by atomic mass is 9.91. The number of nitrogens with one attached hydrogen (secondary N) is 1. The average Bonchev–Trinajstić information content (AvgIpc) is 3.19. The molecular weight excluding hydrogens is 472 g/mol. The van der Waals surface area contributed by atoms with E-state index in [1.807, 2.05) is 0 Å². The number of Topliss-reactive ketones (excluding diaryl/α,β-unsaturated/α-hetero) is 1. The minimum absolute atomic E-state index is 0.241. The second kappa shape index (κ2) is 8.99. The van der Waals surface area contributed by atoms with Crippen molar-refractivity contribution in [2.75, 3.05) is 10.5 Å². The van der Waals surface area contributed by atoms with Crippen molar-refractivity contribution in [2.24, 2.45) is 4.99 Å². The number of aliphatic imine (C=N–C) groups is 1. The summed E-state index contributed by atoms with van der Waals surface area (Å²) in [6, 6.07) is 10.5. The molecule has 1 aliphatic rings. The van der Waals surface area contributed by atoms with Crippen LogP contribution in [0.15, 0.2) is 53.7 Å². The first-order valence-corrected chi connectivity index (χ1v) is 12.1. The number of nitrogens with zero attached hydrogens (tertiary/aromatic N) is 2. The maximum atomic E-state index is 15.1. The quantitative estimate of drug-likeness (QED) is 0.443. The molecule has 33 heavy (non-hydrogen) atoms. The van der Waals surface area contributed by atoms with E-state index in [4.69, 9.17) is 11.6 Å². The van der Waals surface area contributed by atoms with Crippen molar-refractivity contribution in [3.8, 4) is 11.1 Å². The predicted molar refractivity (Wildman–Crippen MR) is 124 cm³/mol. The van der Waals surface area contributed by atoms with E-state index in [9.17, 15) is 17.6 Å². The molecule has 1 N–H and O–H groups in total. The highest BCUT2D eigenvalue weighted by Gasteiger charge is 2.33. The van der Waals surface area contributed by atoms with E-state index in [0.717, 1.165) is 17.7 Å². The second-order valence-corrected chi connectivity index (χ2v) is 9.75. The molecule has 10 heteroatoms. The molecule has 3 aromatic rings. The standard InChI is InChI=1S/C23H18ClF2N3O3S/c1-2-9-33(31,32)29-19-8-7-18(25)20(21(19)26)22(30)17-12-28-23-16(17)10-14(11-27-23)13-3-5-15(24)6-4-13/h3-8,10-12,17,29H,2,9H2,1H3. The molecule has 1 aliphatic heterocycles. The fraction of sp³-hybridized carbons (Fsp3) is 0.174. The zero-order chi connectivity index (χ0) is 23.8. The van der Waals surface area contributed by atoms with Gasteiger partial charge in [-0.15, -0.1) is 0 Å². The van der Waals surface area contributed by atoms with Crippen molar-refractivity contribution in [2.45, 2.75) is 19.3 Å². The van der Waals surface area contributed by atoms with Crippen LogP contribution in [0.3, 0.4) is 0 Å². The van der Waals surface area contributed by atoms with Crippen molar-refractivity contribution >= 4 is 45.1 Å². The Morgan fingerprint density at radius 2 is 1.85 bits per heavy atom. The van der Waals surface area contributed by atoms with Crippen molar-refractivity contribution in [1.29, 1.82) is 0 Å². The lowest BCUT2D eigenvalue weighted by Gasteiger charge is -2.14. The van der Waals surface area contributed by atoms with Gasteiger partial charge in [-0.1, -0.05) is 30.7 Å². The van der Waals surface area contributed by atoms with Gasteiger partial charge in [0.25, 0.3) is 0 Å². The Hall–Kier alpha value is -3.17. The number of pyridine rings is 1. The van der Waals surface area contributed by atoms with Gasteiger partial charge < -0.3 is 0 Å². The Morgan fingerprint density at radius 3 is 2.55 bits per heavy atom. The second-order valence-electron chi connectivity index (χ2n) is 7.47. The van der Waals surface area contributed by atoms with Gasteiger partial charge in [0.15, 0.2) is 17.4 Å². The maximum absolute atomic E-state index is 15.1. The van der Waals surface area contributed by atoms with Gasteiger partial charge in [-0.3, -0.25) is 9.52 Å². The van der Waals surface area contributed by atoms with Crippen LogP contribution in [0.1, 0.15) is 35.2 Å².